The van der Waals surface area contributed by atoms with Gasteiger partial charge in [0, 0.05) is 23.7 Å². The minimum absolute atomic E-state index is 0.300. The van der Waals surface area contributed by atoms with Gasteiger partial charge in [-0.1, -0.05) is 43.5 Å². The summed E-state index contributed by atoms with van der Waals surface area (Å²) in [7, 11) is 0. The SMILES string of the molecule is CCC(NC1CCCCC1CO)c1ccc(Cl)cc1. The molecule has 3 atom stereocenters. The quantitative estimate of drug-likeness (QED) is 0.857. The summed E-state index contributed by atoms with van der Waals surface area (Å²) >= 11 is 5.94. The van der Waals surface area contributed by atoms with E-state index in [1.807, 2.05) is 12.1 Å². The van der Waals surface area contributed by atoms with Gasteiger partial charge >= 0.3 is 0 Å². The molecule has 0 bridgehead atoms. The van der Waals surface area contributed by atoms with Gasteiger partial charge in [0.15, 0.2) is 0 Å². The summed E-state index contributed by atoms with van der Waals surface area (Å²) in [4.78, 5) is 0. The molecular weight excluding hydrogens is 258 g/mol. The Labute approximate surface area is 121 Å². The van der Waals surface area contributed by atoms with Gasteiger partial charge in [0.2, 0.25) is 0 Å². The third kappa shape index (κ3) is 3.95. The Hall–Kier alpha value is -0.570. The largest absolute Gasteiger partial charge is 0.396 e. The van der Waals surface area contributed by atoms with Gasteiger partial charge in [-0.25, -0.2) is 0 Å². The van der Waals surface area contributed by atoms with Crippen LogP contribution in [0.4, 0.5) is 0 Å². The molecule has 0 saturated heterocycles. The Morgan fingerprint density at radius 1 is 1.26 bits per heavy atom. The van der Waals surface area contributed by atoms with Crippen molar-refractivity contribution in [2.75, 3.05) is 6.61 Å². The highest BCUT2D eigenvalue weighted by molar-refractivity contribution is 6.30. The number of rotatable bonds is 5. The highest BCUT2D eigenvalue weighted by atomic mass is 35.5. The van der Waals surface area contributed by atoms with Crippen molar-refractivity contribution in [1.29, 1.82) is 0 Å². The predicted molar refractivity (Wildman–Crippen MR) is 80.5 cm³/mol. The molecule has 0 heterocycles. The van der Waals surface area contributed by atoms with Gasteiger partial charge in [-0.05, 0) is 42.9 Å². The topological polar surface area (TPSA) is 32.3 Å². The molecule has 1 aliphatic carbocycles. The van der Waals surface area contributed by atoms with Gasteiger partial charge in [0.1, 0.15) is 0 Å². The highest BCUT2D eigenvalue weighted by Gasteiger charge is 2.26. The molecule has 1 aliphatic rings. The fraction of sp³-hybridized carbons (Fsp3) is 0.625. The minimum atomic E-state index is 0.300. The molecule has 19 heavy (non-hydrogen) atoms. The zero-order chi connectivity index (χ0) is 13.7. The molecule has 0 radical (unpaired) electrons. The van der Waals surface area contributed by atoms with Crippen LogP contribution in [0.15, 0.2) is 24.3 Å². The average Bonchev–Trinajstić information content (AvgIpc) is 2.46. The fourth-order valence-corrected chi connectivity index (χ4v) is 3.17. The van der Waals surface area contributed by atoms with Crippen molar-refractivity contribution in [3.8, 4) is 0 Å². The molecule has 0 aromatic heterocycles. The lowest BCUT2D eigenvalue weighted by atomic mass is 9.84. The van der Waals surface area contributed by atoms with Crippen LogP contribution in [0.25, 0.3) is 0 Å². The van der Waals surface area contributed by atoms with Crippen molar-refractivity contribution in [2.24, 2.45) is 5.92 Å². The van der Waals surface area contributed by atoms with Crippen LogP contribution in [-0.2, 0) is 0 Å². The van der Waals surface area contributed by atoms with Gasteiger partial charge in [-0.3, -0.25) is 0 Å². The zero-order valence-electron chi connectivity index (χ0n) is 11.6. The predicted octanol–water partition coefficient (Wildman–Crippen LogP) is 3.93. The lowest BCUT2D eigenvalue weighted by Gasteiger charge is -2.34. The number of benzene rings is 1. The molecule has 0 spiro atoms. The van der Waals surface area contributed by atoms with Crippen LogP contribution >= 0.6 is 11.6 Å². The van der Waals surface area contributed by atoms with Gasteiger partial charge in [-0.2, -0.15) is 0 Å². The van der Waals surface area contributed by atoms with E-state index in [9.17, 15) is 5.11 Å². The molecule has 1 aromatic rings. The number of aliphatic hydroxyl groups excluding tert-OH is 1. The normalized spacial score (nSPS) is 25.2. The first-order chi connectivity index (χ1) is 9.24. The molecule has 2 rings (SSSR count). The summed E-state index contributed by atoms with van der Waals surface area (Å²) in [5.41, 5.74) is 1.29. The second-order valence-corrected chi connectivity index (χ2v) is 5.95. The summed E-state index contributed by atoms with van der Waals surface area (Å²) in [6, 6.07) is 8.89. The zero-order valence-corrected chi connectivity index (χ0v) is 12.4. The van der Waals surface area contributed by atoms with Crippen LogP contribution in [0.5, 0.6) is 0 Å². The lowest BCUT2D eigenvalue weighted by molar-refractivity contribution is 0.145. The third-order valence-electron chi connectivity index (χ3n) is 4.24. The summed E-state index contributed by atoms with van der Waals surface area (Å²) in [5, 5.41) is 14.0. The Morgan fingerprint density at radius 2 is 1.95 bits per heavy atom. The van der Waals surface area contributed by atoms with Crippen LogP contribution < -0.4 is 5.32 Å². The van der Waals surface area contributed by atoms with Crippen LogP contribution in [0.2, 0.25) is 5.02 Å². The number of aliphatic hydroxyl groups is 1. The van der Waals surface area contributed by atoms with Crippen LogP contribution in [0, 0.1) is 5.92 Å². The van der Waals surface area contributed by atoms with E-state index in [4.69, 9.17) is 11.6 Å². The molecule has 3 unspecified atom stereocenters. The van der Waals surface area contributed by atoms with Gasteiger partial charge in [0.05, 0.1) is 0 Å². The van der Waals surface area contributed by atoms with Crippen molar-refractivity contribution in [2.45, 2.75) is 51.1 Å². The maximum absolute atomic E-state index is 9.50. The van der Waals surface area contributed by atoms with Crippen LogP contribution in [0.1, 0.15) is 50.6 Å². The molecule has 0 aliphatic heterocycles. The van der Waals surface area contributed by atoms with Crippen molar-refractivity contribution < 1.29 is 5.11 Å². The first-order valence-corrected chi connectivity index (χ1v) is 7.74. The van der Waals surface area contributed by atoms with E-state index < -0.39 is 0 Å². The first-order valence-electron chi connectivity index (χ1n) is 7.37. The van der Waals surface area contributed by atoms with Crippen molar-refractivity contribution in [3.05, 3.63) is 34.9 Å². The minimum Gasteiger partial charge on any atom is -0.396 e. The van der Waals surface area contributed by atoms with Crippen molar-refractivity contribution >= 4 is 11.6 Å². The summed E-state index contributed by atoms with van der Waals surface area (Å²) in [5.74, 6) is 0.412. The molecule has 106 valence electrons. The third-order valence-corrected chi connectivity index (χ3v) is 4.49. The van der Waals surface area contributed by atoms with E-state index in [0.717, 1.165) is 17.9 Å². The second-order valence-electron chi connectivity index (χ2n) is 5.51. The highest BCUT2D eigenvalue weighted by Crippen LogP contribution is 2.28. The monoisotopic (exact) mass is 281 g/mol. The summed E-state index contributed by atoms with van der Waals surface area (Å²) < 4.78 is 0. The van der Waals surface area contributed by atoms with E-state index in [1.54, 1.807) is 0 Å². The lowest BCUT2D eigenvalue weighted by Crippen LogP contribution is -2.42. The maximum Gasteiger partial charge on any atom is 0.0474 e. The number of halogens is 1. The maximum atomic E-state index is 9.50. The number of hydrogen-bond donors (Lipinski definition) is 2. The molecule has 0 amide bonds. The molecule has 1 fully saturated rings. The van der Waals surface area contributed by atoms with Crippen LogP contribution in [-0.4, -0.2) is 17.8 Å². The second kappa shape index (κ2) is 7.28. The Bertz CT molecular complexity index is 379. The molecule has 3 heteroatoms. The van der Waals surface area contributed by atoms with Gasteiger partial charge in [0.25, 0.3) is 0 Å². The van der Waals surface area contributed by atoms with E-state index >= 15 is 0 Å². The number of hydrogen-bond acceptors (Lipinski definition) is 2. The molecular formula is C16H24ClNO. The Balaban J connectivity index is 2.03. The molecule has 2 nitrogen and oxygen atoms in total. The smallest absolute Gasteiger partial charge is 0.0474 e. The first kappa shape index (κ1) is 14.8. The van der Waals surface area contributed by atoms with E-state index in [-0.39, 0.29) is 0 Å². The standard InChI is InChI=1S/C16H24ClNO/c1-2-15(12-7-9-14(17)10-8-12)18-16-6-4-3-5-13(16)11-19/h7-10,13,15-16,18-19H,2-6,11H2,1H3. The molecule has 2 N–H and O–H groups in total. The van der Waals surface area contributed by atoms with Gasteiger partial charge < -0.3 is 10.4 Å². The van der Waals surface area contributed by atoms with Crippen molar-refractivity contribution in [3.63, 3.8) is 0 Å². The Morgan fingerprint density at radius 3 is 2.58 bits per heavy atom. The van der Waals surface area contributed by atoms with E-state index in [0.29, 0.717) is 24.6 Å². The fourth-order valence-electron chi connectivity index (χ4n) is 3.05. The molecule has 1 aromatic carbocycles. The van der Waals surface area contributed by atoms with Gasteiger partial charge in [-0.15, -0.1) is 0 Å². The van der Waals surface area contributed by atoms with E-state index in [2.05, 4.69) is 24.4 Å². The molecule has 1 saturated carbocycles. The average molecular weight is 282 g/mol. The van der Waals surface area contributed by atoms with Crippen LogP contribution in [0.3, 0.4) is 0 Å². The van der Waals surface area contributed by atoms with E-state index in [1.165, 1.54) is 24.8 Å². The summed E-state index contributed by atoms with van der Waals surface area (Å²) in [6.45, 7) is 2.50. The van der Waals surface area contributed by atoms with Crippen molar-refractivity contribution in [1.82, 2.24) is 5.32 Å². The number of nitrogens with one attached hydrogen (secondary N) is 1. The summed E-state index contributed by atoms with van der Waals surface area (Å²) in [6.07, 6.45) is 5.89. The Kier molecular flexibility index (Phi) is 5.68.